The summed E-state index contributed by atoms with van der Waals surface area (Å²) < 4.78 is 16.1. The number of pyridine rings is 1. The maximum Gasteiger partial charge on any atom is 0.231 e. The molecule has 0 spiro atoms. The molecule has 0 unspecified atom stereocenters. The van der Waals surface area contributed by atoms with E-state index in [9.17, 15) is 0 Å². The summed E-state index contributed by atoms with van der Waals surface area (Å²) in [5.74, 6) is 2.25. The molecule has 98 valence electrons. The van der Waals surface area contributed by atoms with Crippen molar-refractivity contribution in [2.45, 2.75) is 6.61 Å². The van der Waals surface area contributed by atoms with Crippen LogP contribution >= 0.6 is 11.6 Å². The predicted molar refractivity (Wildman–Crippen MR) is 67.8 cm³/mol. The highest BCUT2D eigenvalue weighted by Gasteiger charge is 2.14. The minimum atomic E-state index is -0.168. The van der Waals surface area contributed by atoms with E-state index in [0.717, 1.165) is 0 Å². The smallest absolute Gasteiger partial charge is 0.231 e. The van der Waals surface area contributed by atoms with E-state index in [-0.39, 0.29) is 13.4 Å². The highest BCUT2D eigenvalue weighted by molar-refractivity contribution is 6.31. The fourth-order valence-electron chi connectivity index (χ4n) is 1.70. The zero-order chi connectivity index (χ0) is 13.2. The largest absolute Gasteiger partial charge is 0.454 e. The van der Waals surface area contributed by atoms with Crippen LogP contribution in [0.2, 0.25) is 5.02 Å². The van der Waals surface area contributed by atoms with Crippen LogP contribution in [0.1, 0.15) is 5.56 Å². The summed E-state index contributed by atoms with van der Waals surface area (Å²) in [6, 6.07) is 6.83. The third-order valence-corrected chi connectivity index (χ3v) is 2.99. The third kappa shape index (κ3) is 2.43. The van der Waals surface area contributed by atoms with Crippen LogP contribution in [0.25, 0.3) is 0 Å². The van der Waals surface area contributed by atoms with Gasteiger partial charge in [0.1, 0.15) is 5.75 Å². The monoisotopic (exact) mass is 279 g/mol. The number of hydrogen-bond acceptors (Lipinski definition) is 5. The molecular weight excluding hydrogens is 270 g/mol. The van der Waals surface area contributed by atoms with Gasteiger partial charge in [0, 0.05) is 23.9 Å². The molecule has 19 heavy (non-hydrogen) atoms. The highest BCUT2D eigenvalue weighted by Crippen LogP contribution is 2.36. The molecule has 1 aliphatic heterocycles. The molecule has 5 nitrogen and oxygen atoms in total. The van der Waals surface area contributed by atoms with Crippen LogP contribution in [0.5, 0.6) is 23.1 Å². The Bertz CT molecular complexity index is 609. The second-order valence-electron chi connectivity index (χ2n) is 3.89. The molecule has 1 aliphatic rings. The predicted octanol–water partition coefficient (Wildman–Crippen LogP) is 2.75. The molecule has 0 saturated heterocycles. The molecule has 2 heterocycles. The lowest BCUT2D eigenvalue weighted by atomic mass is 10.3. The van der Waals surface area contributed by atoms with E-state index in [4.69, 9.17) is 30.9 Å². The summed E-state index contributed by atoms with van der Waals surface area (Å²) in [4.78, 5) is 4.04. The topological polar surface area (TPSA) is 60.8 Å². The number of nitrogens with zero attached hydrogens (tertiary/aromatic N) is 1. The molecule has 6 heteroatoms. The molecule has 1 aromatic heterocycles. The number of aliphatic hydroxyl groups is 1. The van der Waals surface area contributed by atoms with Gasteiger partial charge in [0.05, 0.1) is 11.6 Å². The zero-order valence-electron chi connectivity index (χ0n) is 9.80. The van der Waals surface area contributed by atoms with Crippen LogP contribution in [0.3, 0.4) is 0 Å². The number of halogens is 1. The van der Waals surface area contributed by atoms with Gasteiger partial charge in [-0.05, 0) is 12.1 Å². The summed E-state index contributed by atoms with van der Waals surface area (Å²) in [5.41, 5.74) is 0.562. The fourth-order valence-corrected chi connectivity index (χ4v) is 1.86. The van der Waals surface area contributed by atoms with Gasteiger partial charge in [0.25, 0.3) is 0 Å². The van der Waals surface area contributed by atoms with Crippen LogP contribution in [-0.4, -0.2) is 16.9 Å². The van der Waals surface area contributed by atoms with Gasteiger partial charge in [0.15, 0.2) is 11.5 Å². The lowest BCUT2D eigenvalue weighted by molar-refractivity contribution is 0.174. The molecular formula is C13H10ClNO4. The molecule has 0 bridgehead atoms. The molecule has 0 saturated carbocycles. The van der Waals surface area contributed by atoms with E-state index < -0.39 is 0 Å². The second-order valence-corrected chi connectivity index (χ2v) is 4.30. The number of ether oxygens (including phenoxy) is 3. The lowest BCUT2D eigenvalue weighted by Crippen LogP contribution is -1.93. The molecule has 3 rings (SSSR count). The SMILES string of the molecule is OCc1cc(Oc2ccc3c(c2)OCO3)ncc1Cl. The fraction of sp³-hybridized carbons (Fsp3) is 0.154. The van der Waals surface area contributed by atoms with Crippen molar-refractivity contribution in [1.29, 1.82) is 0 Å². The van der Waals surface area contributed by atoms with Crippen LogP contribution in [0.4, 0.5) is 0 Å². The maximum atomic E-state index is 9.13. The Hall–Kier alpha value is -1.98. The molecule has 0 radical (unpaired) electrons. The minimum absolute atomic E-state index is 0.168. The van der Waals surface area contributed by atoms with Gasteiger partial charge in [-0.15, -0.1) is 0 Å². The van der Waals surface area contributed by atoms with E-state index in [1.54, 1.807) is 24.3 Å². The average Bonchev–Trinajstić information content (AvgIpc) is 2.88. The molecule has 0 fully saturated rings. The van der Waals surface area contributed by atoms with E-state index in [2.05, 4.69) is 4.98 Å². The van der Waals surface area contributed by atoms with Gasteiger partial charge < -0.3 is 19.3 Å². The minimum Gasteiger partial charge on any atom is -0.454 e. The number of rotatable bonds is 3. The Morgan fingerprint density at radius 2 is 2.11 bits per heavy atom. The first-order valence-corrected chi connectivity index (χ1v) is 5.97. The molecule has 0 amide bonds. The average molecular weight is 280 g/mol. The lowest BCUT2D eigenvalue weighted by Gasteiger charge is -2.07. The van der Waals surface area contributed by atoms with E-state index in [0.29, 0.717) is 33.7 Å². The Kier molecular flexibility index (Phi) is 3.15. The Balaban J connectivity index is 1.85. The number of fused-ring (bicyclic) bond motifs is 1. The highest BCUT2D eigenvalue weighted by atomic mass is 35.5. The summed E-state index contributed by atoms with van der Waals surface area (Å²) in [6.07, 6.45) is 1.44. The van der Waals surface area contributed by atoms with E-state index in [1.807, 2.05) is 0 Å². The van der Waals surface area contributed by atoms with Gasteiger partial charge in [-0.2, -0.15) is 0 Å². The normalized spacial score (nSPS) is 12.5. The number of hydrogen-bond donors (Lipinski definition) is 1. The number of benzene rings is 1. The molecule has 0 aliphatic carbocycles. The van der Waals surface area contributed by atoms with Crippen molar-refractivity contribution in [3.63, 3.8) is 0 Å². The first-order valence-electron chi connectivity index (χ1n) is 5.59. The van der Waals surface area contributed by atoms with Crippen LogP contribution in [0.15, 0.2) is 30.5 Å². The van der Waals surface area contributed by atoms with Crippen LogP contribution in [-0.2, 0) is 6.61 Å². The van der Waals surface area contributed by atoms with Crippen molar-refractivity contribution in [2.75, 3.05) is 6.79 Å². The first kappa shape index (κ1) is 12.1. The van der Waals surface area contributed by atoms with Gasteiger partial charge >= 0.3 is 0 Å². The Labute approximate surface area is 114 Å². The summed E-state index contributed by atoms with van der Waals surface area (Å²) in [7, 11) is 0. The van der Waals surface area contributed by atoms with Gasteiger partial charge in [-0.3, -0.25) is 0 Å². The van der Waals surface area contributed by atoms with Crippen molar-refractivity contribution in [3.05, 3.63) is 41.0 Å². The zero-order valence-corrected chi connectivity index (χ0v) is 10.6. The van der Waals surface area contributed by atoms with Gasteiger partial charge in [0.2, 0.25) is 12.7 Å². The van der Waals surface area contributed by atoms with Crippen molar-refractivity contribution in [3.8, 4) is 23.1 Å². The van der Waals surface area contributed by atoms with Crippen LogP contribution < -0.4 is 14.2 Å². The maximum absolute atomic E-state index is 9.13. The standard InChI is InChI=1S/C13H10ClNO4/c14-10-5-15-13(3-8(10)6-16)19-9-1-2-11-12(4-9)18-7-17-11/h1-5,16H,6-7H2. The molecule has 1 aromatic carbocycles. The molecule has 2 aromatic rings. The number of aromatic nitrogens is 1. The van der Waals surface area contributed by atoms with Crippen LogP contribution in [0, 0.1) is 0 Å². The summed E-state index contributed by atoms with van der Waals surface area (Å²) in [5, 5.41) is 9.53. The Morgan fingerprint density at radius 3 is 2.95 bits per heavy atom. The van der Waals surface area contributed by atoms with Crippen molar-refractivity contribution >= 4 is 11.6 Å². The molecule has 0 atom stereocenters. The van der Waals surface area contributed by atoms with E-state index in [1.165, 1.54) is 6.20 Å². The van der Waals surface area contributed by atoms with Crippen molar-refractivity contribution in [2.24, 2.45) is 0 Å². The van der Waals surface area contributed by atoms with E-state index >= 15 is 0 Å². The first-order chi connectivity index (χ1) is 9.26. The third-order valence-electron chi connectivity index (χ3n) is 2.65. The van der Waals surface area contributed by atoms with Gasteiger partial charge in [-0.1, -0.05) is 11.6 Å². The summed E-state index contributed by atoms with van der Waals surface area (Å²) in [6.45, 7) is 0.0471. The van der Waals surface area contributed by atoms with Gasteiger partial charge in [-0.25, -0.2) is 4.98 Å². The summed E-state index contributed by atoms with van der Waals surface area (Å²) >= 11 is 5.86. The van der Waals surface area contributed by atoms with Crippen molar-refractivity contribution < 1.29 is 19.3 Å². The number of aliphatic hydroxyl groups excluding tert-OH is 1. The second kappa shape index (κ2) is 4.95. The Morgan fingerprint density at radius 1 is 1.26 bits per heavy atom. The quantitative estimate of drug-likeness (QED) is 0.936. The molecule has 1 N–H and O–H groups in total. The van der Waals surface area contributed by atoms with Crippen molar-refractivity contribution in [1.82, 2.24) is 4.98 Å².